The van der Waals surface area contributed by atoms with Crippen LogP contribution < -0.4 is 0 Å². The van der Waals surface area contributed by atoms with Gasteiger partial charge in [0.05, 0.1) is 4.90 Å². The number of sulfonamides is 1. The van der Waals surface area contributed by atoms with Crippen LogP contribution in [0.2, 0.25) is 0 Å². The Kier molecular flexibility index (Phi) is 5.79. The number of nitrogens with zero attached hydrogens (tertiary/aromatic N) is 2. The molecule has 2 fully saturated rings. The van der Waals surface area contributed by atoms with Gasteiger partial charge in [-0.05, 0) is 37.5 Å². The summed E-state index contributed by atoms with van der Waals surface area (Å²) in [6.07, 6.45) is 5.02. The van der Waals surface area contributed by atoms with Gasteiger partial charge in [0.25, 0.3) is 10.0 Å². The van der Waals surface area contributed by atoms with Crippen LogP contribution in [-0.4, -0.2) is 30.4 Å². The third-order valence-electron chi connectivity index (χ3n) is 5.45. The fraction of sp³-hybridized carbons (Fsp3) is 0.364. The third-order valence-corrected chi connectivity index (χ3v) is 8.06. The lowest BCUT2D eigenvalue weighted by molar-refractivity contribution is -0.128. The first-order valence-corrected chi connectivity index (χ1v) is 12.2. The molecular formula is C22H24N2O3S2. The molecule has 1 heterocycles. The Bertz CT molecular complexity index is 1010. The van der Waals surface area contributed by atoms with Crippen molar-refractivity contribution in [3.05, 3.63) is 65.7 Å². The number of hydrogen-bond acceptors (Lipinski definition) is 4. The summed E-state index contributed by atoms with van der Waals surface area (Å²) in [5.74, 6) is -0.0639. The van der Waals surface area contributed by atoms with Crippen molar-refractivity contribution in [3.63, 3.8) is 0 Å². The van der Waals surface area contributed by atoms with Crippen molar-refractivity contribution in [3.8, 4) is 0 Å². The minimum absolute atomic E-state index is 0.0180. The van der Waals surface area contributed by atoms with Gasteiger partial charge in [-0.2, -0.15) is 8.42 Å². The van der Waals surface area contributed by atoms with Crippen LogP contribution in [0, 0.1) is 6.92 Å². The van der Waals surface area contributed by atoms with Gasteiger partial charge in [0.2, 0.25) is 5.91 Å². The van der Waals surface area contributed by atoms with Gasteiger partial charge in [0, 0.05) is 6.04 Å². The van der Waals surface area contributed by atoms with Crippen molar-refractivity contribution in [1.82, 2.24) is 4.90 Å². The number of hydrogen-bond donors (Lipinski definition) is 0. The molecule has 1 aliphatic carbocycles. The van der Waals surface area contributed by atoms with E-state index in [9.17, 15) is 13.2 Å². The van der Waals surface area contributed by atoms with Gasteiger partial charge in [0.1, 0.15) is 5.25 Å². The van der Waals surface area contributed by atoms with Crippen LogP contribution in [0.4, 0.5) is 0 Å². The number of carbonyl (C=O) groups is 1. The summed E-state index contributed by atoms with van der Waals surface area (Å²) in [4.78, 5) is 15.1. The highest BCUT2D eigenvalue weighted by molar-refractivity contribution is 8.15. The zero-order valence-corrected chi connectivity index (χ0v) is 18.0. The average molecular weight is 429 g/mol. The van der Waals surface area contributed by atoms with E-state index in [0.29, 0.717) is 5.17 Å². The Morgan fingerprint density at radius 3 is 2.28 bits per heavy atom. The molecule has 1 saturated heterocycles. The standard InChI is InChI=1S/C22H24N2O3S2/c1-16-12-14-19(15-13-16)29(26,27)23-22-24(18-10-6-3-7-11-18)21(25)20(28-22)17-8-4-2-5-9-17/h2,4-5,8-9,12-15,18,20H,3,6-7,10-11H2,1H3/t20-/m0/s1. The highest BCUT2D eigenvalue weighted by Gasteiger charge is 2.43. The van der Waals surface area contributed by atoms with Gasteiger partial charge in [-0.15, -0.1) is 4.40 Å². The molecule has 29 heavy (non-hydrogen) atoms. The number of benzene rings is 2. The SMILES string of the molecule is Cc1ccc(S(=O)(=O)N=C2S[C@@H](c3ccccc3)C(=O)N2C2CCCCC2)cc1. The number of aryl methyl sites for hydroxylation is 1. The van der Waals surface area contributed by atoms with Crippen LogP contribution in [0.3, 0.4) is 0 Å². The average Bonchev–Trinajstić information content (AvgIpc) is 3.05. The zero-order valence-electron chi connectivity index (χ0n) is 16.3. The lowest BCUT2D eigenvalue weighted by Gasteiger charge is -2.30. The summed E-state index contributed by atoms with van der Waals surface area (Å²) >= 11 is 1.25. The maximum absolute atomic E-state index is 13.3. The highest BCUT2D eigenvalue weighted by atomic mass is 32.2. The Labute approximate surface area is 176 Å². The molecule has 0 aromatic heterocycles. The number of rotatable bonds is 4. The van der Waals surface area contributed by atoms with Crippen LogP contribution in [0.15, 0.2) is 63.9 Å². The van der Waals surface area contributed by atoms with Crippen molar-refractivity contribution < 1.29 is 13.2 Å². The van der Waals surface area contributed by atoms with Crippen LogP contribution in [0.5, 0.6) is 0 Å². The molecule has 2 aromatic carbocycles. The van der Waals surface area contributed by atoms with Crippen LogP contribution >= 0.6 is 11.8 Å². The molecule has 4 rings (SSSR count). The molecular weight excluding hydrogens is 404 g/mol. The lowest BCUT2D eigenvalue weighted by atomic mass is 9.94. The maximum atomic E-state index is 13.3. The van der Waals surface area contributed by atoms with Gasteiger partial charge < -0.3 is 0 Å². The predicted molar refractivity (Wildman–Crippen MR) is 116 cm³/mol. The van der Waals surface area contributed by atoms with Gasteiger partial charge in [-0.25, -0.2) is 0 Å². The van der Waals surface area contributed by atoms with Crippen molar-refractivity contribution in [2.45, 2.75) is 55.2 Å². The Morgan fingerprint density at radius 2 is 1.62 bits per heavy atom. The smallest absolute Gasteiger partial charge is 0.284 e. The lowest BCUT2D eigenvalue weighted by Crippen LogP contribution is -2.41. The molecule has 1 atom stereocenters. The van der Waals surface area contributed by atoms with Crippen molar-refractivity contribution in [1.29, 1.82) is 0 Å². The largest absolute Gasteiger partial charge is 0.286 e. The zero-order chi connectivity index (χ0) is 20.4. The van der Waals surface area contributed by atoms with E-state index in [-0.39, 0.29) is 16.8 Å². The van der Waals surface area contributed by atoms with Crippen LogP contribution in [0.25, 0.3) is 0 Å². The fourth-order valence-electron chi connectivity index (χ4n) is 3.88. The summed E-state index contributed by atoms with van der Waals surface area (Å²) in [7, 11) is -3.89. The van der Waals surface area contributed by atoms with E-state index in [1.54, 1.807) is 29.2 Å². The highest BCUT2D eigenvalue weighted by Crippen LogP contribution is 2.43. The number of amides is 1. The van der Waals surface area contributed by atoms with E-state index in [1.807, 2.05) is 37.3 Å². The van der Waals surface area contributed by atoms with Crippen LogP contribution in [-0.2, 0) is 14.8 Å². The van der Waals surface area contributed by atoms with Crippen molar-refractivity contribution >= 4 is 32.9 Å². The molecule has 152 valence electrons. The van der Waals surface area contributed by atoms with Gasteiger partial charge in [-0.1, -0.05) is 79.1 Å². The topological polar surface area (TPSA) is 66.8 Å². The minimum atomic E-state index is -3.89. The fourth-order valence-corrected chi connectivity index (χ4v) is 6.29. The van der Waals surface area contributed by atoms with E-state index >= 15 is 0 Å². The second-order valence-corrected chi connectivity index (χ2v) is 10.2. The molecule has 0 unspecified atom stereocenters. The normalized spacial score (nSPS) is 22.4. The molecule has 0 bridgehead atoms. The van der Waals surface area contributed by atoms with E-state index in [1.165, 1.54) is 11.8 Å². The molecule has 1 amide bonds. The Hall–Kier alpha value is -2.12. The van der Waals surface area contributed by atoms with Crippen molar-refractivity contribution in [2.24, 2.45) is 4.40 Å². The van der Waals surface area contributed by atoms with Gasteiger partial charge >= 0.3 is 0 Å². The first-order valence-electron chi connectivity index (χ1n) is 9.92. The van der Waals surface area contributed by atoms with Gasteiger partial charge in [0.15, 0.2) is 5.17 Å². The summed E-state index contributed by atoms with van der Waals surface area (Å²) < 4.78 is 30.0. The molecule has 0 N–H and O–H groups in total. The Morgan fingerprint density at radius 1 is 0.966 bits per heavy atom. The number of amidine groups is 1. The van der Waals surface area contributed by atoms with E-state index in [4.69, 9.17) is 0 Å². The monoisotopic (exact) mass is 428 g/mol. The molecule has 1 saturated carbocycles. The summed E-state index contributed by atoms with van der Waals surface area (Å²) in [6.45, 7) is 1.91. The summed E-state index contributed by atoms with van der Waals surface area (Å²) in [6, 6.07) is 16.2. The van der Waals surface area contributed by atoms with E-state index < -0.39 is 15.3 Å². The second kappa shape index (κ2) is 8.32. The van der Waals surface area contributed by atoms with Gasteiger partial charge in [-0.3, -0.25) is 9.69 Å². The molecule has 0 radical (unpaired) electrons. The first kappa shape index (κ1) is 20.2. The molecule has 0 spiro atoms. The molecule has 5 nitrogen and oxygen atoms in total. The first-order chi connectivity index (χ1) is 14.0. The minimum Gasteiger partial charge on any atom is -0.286 e. The predicted octanol–water partition coefficient (Wildman–Crippen LogP) is 4.69. The molecule has 2 aromatic rings. The third kappa shape index (κ3) is 4.26. The van der Waals surface area contributed by atoms with E-state index in [2.05, 4.69) is 4.40 Å². The number of carbonyl (C=O) groups excluding carboxylic acids is 1. The summed E-state index contributed by atoms with van der Waals surface area (Å²) in [5, 5.41) is -0.151. The van der Waals surface area contributed by atoms with Crippen LogP contribution in [0.1, 0.15) is 48.5 Å². The van der Waals surface area contributed by atoms with E-state index in [0.717, 1.165) is 43.2 Å². The molecule has 7 heteroatoms. The molecule has 1 aliphatic heterocycles. The summed E-state index contributed by atoms with van der Waals surface area (Å²) in [5.41, 5.74) is 1.86. The quantitative estimate of drug-likeness (QED) is 0.709. The Balaban J connectivity index is 1.72. The second-order valence-electron chi connectivity index (χ2n) is 7.57. The van der Waals surface area contributed by atoms with Crippen molar-refractivity contribution in [2.75, 3.05) is 0 Å². The number of thioether (sulfide) groups is 1. The maximum Gasteiger partial charge on any atom is 0.284 e. The molecule has 2 aliphatic rings.